The summed E-state index contributed by atoms with van der Waals surface area (Å²) in [5, 5.41) is 17.1. The van der Waals surface area contributed by atoms with Gasteiger partial charge in [0.25, 0.3) is 17.5 Å². The van der Waals surface area contributed by atoms with Crippen LogP contribution in [0.1, 0.15) is 21.5 Å². The Morgan fingerprint density at radius 1 is 1.23 bits per heavy atom. The lowest BCUT2D eigenvalue weighted by molar-refractivity contribution is -0.385. The summed E-state index contributed by atoms with van der Waals surface area (Å²) in [4.78, 5) is 33.9. The Morgan fingerprint density at radius 2 is 1.92 bits per heavy atom. The molecular formula is C17H15BrN4O4. The van der Waals surface area contributed by atoms with Gasteiger partial charge in [-0.05, 0) is 41.1 Å². The maximum absolute atomic E-state index is 11.9. The molecule has 2 aromatic rings. The van der Waals surface area contributed by atoms with Gasteiger partial charge in [-0.15, -0.1) is 0 Å². The van der Waals surface area contributed by atoms with Gasteiger partial charge in [-0.2, -0.15) is 5.10 Å². The molecule has 0 aliphatic rings. The molecule has 0 aromatic heterocycles. The predicted molar refractivity (Wildman–Crippen MR) is 100 cm³/mol. The molecule has 0 bridgehead atoms. The molecule has 0 saturated heterocycles. The van der Waals surface area contributed by atoms with E-state index in [4.69, 9.17) is 0 Å². The van der Waals surface area contributed by atoms with Crippen LogP contribution in [-0.4, -0.2) is 29.5 Å². The number of halogens is 1. The van der Waals surface area contributed by atoms with E-state index in [9.17, 15) is 19.7 Å². The molecule has 134 valence electrons. The number of hydrazone groups is 1. The third-order valence-electron chi connectivity index (χ3n) is 3.29. The Balaban J connectivity index is 1.85. The second kappa shape index (κ2) is 8.86. The summed E-state index contributed by atoms with van der Waals surface area (Å²) >= 11 is 3.08. The van der Waals surface area contributed by atoms with E-state index in [1.54, 1.807) is 30.3 Å². The molecule has 2 aromatic carbocycles. The van der Waals surface area contributed by atoms with E-state index >= 15 is 0 Å². The fraction of sp³-hybridized carbons (Fsp3) is 0.118. The first-order valence-corrected chi connectivity index (χ1v) is 8.27. The third kappa shape index (κ3) is 5.49. The lowest BCUT2D eigenvalue weighted by atomic mass is 10.1. The molecule has 2 N–H and O–H groups in total. The van der Waals surface area contributed by atoms with Crippen LogP contribution in [-0.2, 0) is 4.79 Å². The summed E-state index contributed by atoms with van der Waals surface area (Å²) < 4.78 is 0.350. The largest absolute Gasteiger partial charge is 0.343 e. The van der Waals surface area contributed by atoms with Crippen molar-refractivity contribution in [1.82, 2.24) is 10.7 Å². The van der Waals surface area contributed by atoms with Crippen molar-refractivity contribution >= 4 is 39.6 Å². The van der Waals surface area contributed by atoms with Crippen LogP contribution >= 0.6 is 15.9 Å². The van der Waals surface area contributed by atoms with Crippen molar-refractivity contribution in [2.75, 3.05) is 6.54 Å². The number of nitrogens with one attached hydrogen (secondary N) is 2. The molecule has 0 saturated carbocycles. The number of nitro groups is 1. The number of benzene rings is 2. The van der Waals surface area contributed by atoms with Crippen molar-refractivity contribution in [3.05, 3.63) is 73.7 Å². The Bertz CT molecular complexity index is 866. The molecule has 0 fully saturated rings. The highest BCUT2D eigenvalue weighted by Crippen LogP contribution is 2.24. The van der Waals surface area contributed by atoms with Crippen LogP contribution in [0.5, 0.6) is 0 Å². The first kappa shape index (κ1) is 19.3. The lowest BCUT2D eigenvalue weighted by Crippen LogP contribution is -2.34. The van der Waals surface area contributed by atoms with Gasteiger partial charge >= 0.3 is 0 Å². The van der Waals surface area contributed by atoms with Crippen LogP contribution in [0.4, 0.5) is 5.69 Å². The van der Waals surface area contributed by atoms with Crippen molar-refractivity contribution < 1.29 is 14.5 Å². The Kier molecular flexibility index (Phi) is 6.56. The number of rotatable bonds is 6. The lowest BCUT2D eigenvalue weighted by Gasteiger charge is -2.04. The quantitative estimate of drug-likeness (QED) is 0.426. The molecule has 2 amide bonds. The van der Waals surface area contributed by atoms with E-state index in [0.717, 1.165) is 5.56 Å². The second-order valence-corrected chi connectivity index (χ2v) is 6.16. The number of nitrogens with zero attached hydrogens (tertiary/aromatic N) is 2. The molecule has 0 unspecified atom stereocenters. The fourth-order valence-corrected chi connectivity index (χ4v) is 2.33. The number of aryl methyl sites for hydroxylation is 1. The highest BCUT2D eigenvalue weighted by Gasteiger charge is 2.11. The molecule has 9 heteroatoms. The monoisotopic (exact) mass is 418 g/mol. The van der Waals surface area contributed by atoms with E-state index in [1.807, 2.05) is 6.92 Å². The molecule has 0 spiro atoms. The average Bonchev–Trinajstić information content (AvgIpc) is 2.61. The first-order valence-electron chi connectivity index (χ1n) is 7.47. The van der Waals surface area contributed by atoms with Gasteiger partial charge < -0.3 is 5.32 Å². The SMILES string of the molecule is Cc1ccc(C(=O)NCC(=O)N/N=C/c2ccc(Br)c([N+](=O)[O-])c2)cc1. The van der Waals surface area contributed by atoms with Crippen molar-refractivity contribution in [3.63, 3.8) is 0 Å². The van der Waals surface area contributed by atoms with Crippen LogP contribution in [0.3, 0.4) is 0 Å². The van der Waals surface area contributed by atoms with Crippen LogP contribution < -0.4 is 10.7 Å². The Hall–Kier alpha value is -3.07. The number of hydrogen-bond acceptors (Lipinski definition) is 5. The average molecular weight is 419 g/mol. The predicted octanol–water partition coefficient (Wildman–Crippen LogP) is 2.55. The minimum absolute atomic E-state index is 0.106. The third-order valence-corrected chi connectivity index (χ3v) is 3.96. The molecule has 0 aliphatic heterocycles. The summed E-state index contributed by atoms with van der Waals surface area (Å²) in [6, 6.07) is 11.4. The first-order chi connectivity index (χ1) is 12.4. The normalized spacial score (nSPS) is 10.5. The number of hydrogen-bond donors (Lipinski definition) is 2. The zero-order valence-electron chi connectivity index (χ0n) is 13.7. The van der Waals surface area contributed by atoms with E-state index in [0.29, 0.717) is 15.6 Å². The van der Waals surface area contributed by atoms with E-state index < -0.39 is 10.8 Å². The van der Waals surface area contributed by atoms with Gasteiger partial charge in [0.15, 0.2) is 0 Å². The Labute approximate surface area is 157 Å². The van der Waals surface area contributed by atoms with Crippen molar-refractivity contribution in [3.8, 4) is 0 Å². The number of nitro benzene ring substituents is 1. The summed E-state index contributed by atoms with van der Waals surface area (Å²) in [7, 11) is 0. The van der Waals surface area contributed by atoms with Crippen LogP contribution in [0.15, 0.2) is 52.0 Å². The molecule has 0 atom stereocenters. The zero-order valence-corrected chi connectivity index (χ0v) is 15.3. The summed E-state index contributed by atoms with van der Waals surface area (Å²) in [5.74, 6) is -0.888. The fourth-order valence-electron chi connectivity index (χ4n) is 1.94. The van der Waals surface area contributed by atoms with Crippen molar-refractivity contribution in [2.45, 2.75) is 6.92 Å². The maximum Gasteiger partial charge on any atom is 0.284 e. The molecule has 0 aliphatic carbocycles. The van der Waals surface area contributed by atoms with Gasteiger partial charge in [-0.25, -0.2) is 5.43 Å². The minimum atomic E-state index is -0.527. The number of carbonyl (C=O) groups is 2. The Morgan fingerprint density at radius 3 is 2.58 bits per heavy atom. The van der Waals surface area contributed by atoms with Crippen LogP contribution in [0.2, 0.25) is 0 Å². The van der Waals surface area contributed by atoms with Crippen molar-refractivity contribution in [2.24, 2.45) is 5.10 Å². The van der Waals surface area contributed by atoms with E-state index in [1.165, 1.54) is 18.3 Å². The van der Waals surface area contributed by atoms with E-state index in [-0.39, 0.29) is 18.1 Å². The van der Waals surface area contributed by atoms with Crippen LogP contribution in [0, 0.1) is 17.0 Å². The number of amides is 2. The molecule has 0 radical (unpaired) electrons. The van der Waals surface area contributed by atoms with E-state index in [2.05, 4.69) is 31.8 Å². The minimum Gasteiger partial charge on any atom is -0.343 e. The molecule has 8 nitrogen and oxygen atoms in total. The van der Waals surface area contributed by atoms with Gasteiger partial charge in [-0.1, -0.05) is 23.8 Å². The molecular weight excluding hydrogens is 404 g/mol. The molecule has 0 heterocycles. The van der Waals surface area contributed by atoms with Gasteiger partial charge in [0.05, 0.1) is 22.2 Å². The van der Waals surface area contributed by atoms with Gasteiger partial charge in [0.1, 0.15) is 0 Å². The summed E-state index contributed by atoms with van der Waals surface area (Å²) in [6.45, 7) is 1.66. The maximum atomic E-state index is 11.9. The summed E-state index contributed by atoms with van der Waals surface area (Å²) in [6.07, 6.45) is 1.28. The highest BCUT2D eigenvalue weighted by atomic mass is 79.9. The smallest absolute Gasteiger partial charge is 0.284 e. The molecule has 26 heavy (non-hydrogen) atoms. The molecule has 2 rings (SSSR count). The topological polar surface area (TPSA) is 114 Å². The number of carbonyl (C=O) groups excluding carboxylic acids is 2. The standard InChI is InChI=1S/C17H15BrN4O4/c1-11-2-5-13(6-3-11)17(24)19-10-16(23)21-20-9-12-4-7-14(18)15(8-12)22(25)26/h2-9H,10H2,1H3,(H,19,24)(H,21,23)/b20-9+. The van der Waals surface area contributed by atoms with Gasteiger partial charge in [0.2, 0.25) is 0 Å². The van der Waals surface area contributed by atoms with Gasteiger partial charge in [0, 0.05) is 17.2 Å². The van der Waals surface area contributed by atoms with Gasteiger partial charge in [-0.3, -0.25) is 19.7 Å². The second-order valence-electron chi connectivity index (χ2n) is 5.31. The highest BCUT2D eigenvalue weighted by molar-refractivity contribution is 9.10. The van der Waals surface area contributed by atoms with Crippen molar-refractivity contribution in [1.29, 1.82) is 0 Å². The zero-order chi connectivity index (χ0) is 19.1. The van der Waals surface area contributed by atoms with Crippen LogP contribution in [0.25, 0.3) is 0 Å². The summed E-state index contributed by atoms with van der Waals surface area (Å²) in [5.41, 5.74) is 4.07.